The maximum atomic E-state index is 3.66. The molecule has 0 fully saturated rings. The minimum Gasteiger partial charge on any atom is -0.369 e. The highest BCUT2D eigenvalue weighted by Crippen LogP contribution is 2.24. The molecule has 2 aromatic rings. The van der Waals surface area contributed by atoms with Gasteiger partial charge in [0.25, 0.3) is 0 Å². The number of anilines is 1. The van der Waals surface area contributed by atoms with Gasteiger partial charge in [0, 0.05) is 28.4 Å². The average molecular weight is 411 g/mol. The fraction of sp³-hybridized carbons (Fsp3) is 0.333. The van der Waals surface area contributed by atoms with E-state index in [1.807, 2.05) is 6.07 Å². The predicted octanol–water partition coefficient (Wildman–Crippen LogP) is 5.73. The van der Waals surface area contributed by atoms with Gasteiger partial charge in [-0.2, -0.15) is 0 Å². The van der Waals surface area contributed by atoms with Crippen LogP contribution < -0.4 is 4.90 Å². The van der Waals surface area contributed by atoms with Gasteiger partial charge < -0.3 is 4.90 Å². The highest BCUT2D eigenvalue weighted by atomic mass is 79.9. The quantitative estimate of drug-likeness (QED) is 0.549. The van der Waals surface area contributed by atoms with E-state index < -0.39 is 0 Å². The van der Waals surface area contributed by atoms with Crippen LogP contribution in [-0.4, -0.2) is 22.7 Å². The van der Waals surface area contributed by atoms with Gasteiger partial charge in [0.15, 0.2) is 0 Å². The summed E-state index contributed by atoms with van der Waals surface area (Å²) in [5.41, 5.74) is 3.80. The van der Waals surface area contributed by atoms with Crippen molar-refractivity contribution in [3.8, 4) is 11.1 Å². The van der Waals surface area contributed by atoms with Crippen LogP contribution in [0, 0.1) is 0 Å². The van der Waals surface area contributed by atoms with Crippen molar-refractivity contribution in [3.05, 3.63) is 54.6 Å². The van der Waals surface area contributed by atoms with Gasteiger partial charge in [0.1, 0.15) is 0 Å². The Morgan fingerprint density at radius 1 is 0.762 bits per heavy atom. The monoisotopic (exact) mass is 409 g/mol. The molecule has 21 heavy (non-hydrogen) atoms. The van der Waals surface area contributed by atoms with Crippen molar-refractivity contribution in [3.63, 3.8) is 0 Å². The molecule has 0 saturated heterocycles. The van der Waals surface area contributed by atoms with Crippen molar-refractivity contribution in [2.24, 2.45) is 0 Å². The van der Waals surface area contributed by atoms with E-state index in [0.717, 1.165) is 13.1 Å². The lowest BCUT2D eigenvalue weighted by Crippen LogP contribution is -2.33. The van der Waals surface area contributed by atoms with Gasteiger partial charge in [0.05, 0.1) is 0 Å². The molecule has 0 aliphatic carbocycles. The molecule has 1 nitrogen and oxygen atoms in total. The van der Waals surface area contributed by atoms with Crippen LogP contribution in [0.25, 0.3) is 11.1 Å². The number of halogens is 2. The van der Waals surface area contributed by atoms with Gasteiger partial charge in [0.2, 0.25) is 0 Å². The number of nitrogens with zero attached hydrogens (tertiary/aromatic N) is 1. The summed E-state index contributed by atoms with van der Waals surface area (Å²) in [6.07, 6.45) is 0. The zero-order valence-electron chi connectivity index (χ0n) is 12.5. The Hall–Kier alpha value is -0.800. The molecule has 0 radical (unpaired) electrons. The second kappa shape index (κ2) is 8.00. The van der Waals surface area contributed by atoms with Gasteiger partial charge >= 0.3 is 0 Å². The van der Waals surface area contributed by atoms with E-state index >= 15 is 0 Å². The summed E-state index contributed by atoms with van der Waals surface area (Å²) < 4.78 is 0. The Kier molecular flexibility index (Phi) is 6.31. The van der Waals surface area contributed by atoms with Crippen LogP contribution in [0.4, 0.5) is 5.69 Å². The van der Waals surface area contributed by atoms with E-state index in [9.17, 15) is 0 Å². The van der Waals surface area contributed by atoms with Crippen LogP contribution >= 0.6 is 31.9 Å². The topological polar surface area (TPSA) is 3.24 Å². The number of hydrogen-bond acceptors (Lipinski definition) is 1. The lowest BCUT2D eigenvalue weighted by Gasteiger charge is -2.27. The lowest BCUT2D eigenvalue weighted by atomic mass is 10.1. The van der Waals surface area contributed by atoms with E-state index in [1.54, 1.807) is 0 Å². The first-order chi connectivity index (χ1) is 10.1. The van der Waals surface area contributed by atoms with Crippen LogP contribution in [0.15, 0.2) is 54.6 Å². The summed E-state index contributed by atoms with van der Waals surface area (Å²) in [4.78, 5) is 3.35. The van der Waals surface area contributed by atoms with Crippen molar-refractivity contribution in [1.29, 1.82) is 0 Å². The molecule has 112 valence electrons. The summed E-state index contributed by atoms with van der Waals surface area (Å²) in [6.45, 7) is 6.37. The summed E-state index contributed by atoms with van der Waals surface area (Å²) in [7, 11) is 0. The van der Waals surface area contributed by atoms with E-state index in [-0.39, 0.29) is 0 Å². The van der Waals surface area contributed by atoms with Gasteiger partial charge in [-0.3, -0.25) is 0 Å². The number of alkyl halides is 2. The Bertz CT molecular complexity index is 525. The van der Waals surface area contributed by atoms with Gasteiger partial charge in [-0.15, -0.1) is 0 Å². The van der Waals surface area contributed by atoms with E-state index in [1.165, 1.54) is 16.8 Å². The molecule has 0 aliphatic heterocycles. The summed E-state index contributed by atoms with van der Waals surface area (Å²) in [5, 5.41) is 0. The van der Waals surface area contributed by atoms with Gasteiger partial charge in [-0.05, 0) is 23.3 Å². The first-order valence-corrected chi connectivity index (χ1v) is 9.08. The molecule has 0 aliphatic rings. The molecule has 3 heteroatoms. The first kappa shape index (κ1) is 16.6. The Morgan fingerprint density at radius 3 is 1.71 bits per heavy atom. The normalized spacial score (nSPS) is 13.7. The SMILES string of the molecule is C[C@H](Br)CN(C[C@@H](C)Br)c1ccc(-c2ccccc2)cc1. The zero-order valence-corrected chi connectivity index (χ0v) is 15.6. The largest absolute Gasteiger partial charge is 0.369 e. The summed E-state index contributed by atoms with van der Waals surface area (Å²) >= 11 is 7.31. The Balaban J connectivity index is 2.19. The first-order valence-electron chi connectivity index (χ1n) is 7.25. The van der Waals surface area contributed by atoms with E-state index in [4.69, 9.17) is 0 Å². The average Bonchev–Trinajstić information content (AvgIpc) is 2.47. The fourth-order valence-corrected chi connectivity index (χ4v) is 3.09. The molecule has 0 N–H and O–H groups in total. The standard InChI is InChI=1S/C18H21Br2N/c1-14(19)12-21(13-15(2)20)18-10-8-17(9-11-18)16-6-4-3-5-7-16/h3-11,14-15H,12-13H2,1-2H3/t14-,15+. The molecule has 0 amide bonds. The van der Waals surface area contributed by atoms with E-state index in [0.29, 0.717) is 9.65 Å². The molecule has 0 aromatic heterocycles. The molecule has 2 atom stereocenters. The lowest BCUT2D eigenvalue weighted by molar-refractivity contribution is 0.771. The van der Waals surface area contributed by atoms with Crippen molar-refractivity contribution >= 4 is 37.5 Å². The molecule has 2 rings (SSSR count). The van der Waals surface area contributed by atoms with Crippen molar-refractivity contribution in [2.45, 2.75) is 23.5 Å². The Labute approximate surface area is 144 Å². The zero-order chi connectivity index (χ0) is 15.2. The fourth-order valence-electron chi connectivity index (χ4n) is 2.39. The third kappa shape index (κ3) is 5.15. The molecule has 0 spiro atoms. The molecule has 0 saturated carbocycles. The minimum absolute atomic E-state index is 0.470. The van der Waals surface area contributed by atoms with Crippen LogP contribution in [0.2, 0.25) is 0 Å². The van der Waals surface area contributed by atoms with E-state index in [2.05, 4.69) is 99.1 Å². The van der Waals surface area contributed by atoms with Crippen LogP contribution in [-0.2, 0) is 0 Å². The van der Waals surface area contributed by atoms with Crippen molar-refractivity contribution < 1.29 is 0 Å². The summed E-state index contributed by atoms with van der Waals surface area (Å²) in [6, 6.07) is 19.3. The highest BCUT2D eigenvalue weighted by Gasteiger charge is 2.12. The molecular formula is C18H21Br2N. The molecular weight excluding hydrogens is 390 g/mol. The second-order valence-corrected chi connectivity index (χ2v) is 8.51. The molecule has 0 unspecified atom stereocenters. The summed E-state index contributed by atoms with van der Waals surface area (Å²) in [5.74, 6) is 0. The molecule has 2 aromatic carbocycles. The molecule has 0 heterocycles. The highest BCUT2D eigenvalue weighted by molar-refractivity contribution is 9.09. The van der Waals surface area contributed by atoms with Crippen molar-refractivity contribution in [2.75, 3.05) is 18.0 Å². The van der Waals surface area contributed by atoms with Crippen LogP contribution in [0.5, 0.6) is 0 Å². The van der Waals surface area contributed by atoms with Crippen molar-refractivity contribution in [1.82, 2.24) is 0 Å². The smallest absolute Gasteiger partial charge is 0.0367 e. The number of rotatable bonds is 6. The Morgan fingerprint density at radius 2 is 1.24 bits per heavy atom. The second-order valence-electron chi connectivity index (χ2n) is 5.38. The predicted molar refractivity (Wildman–Crippen MR) is 101 cm³/mol. The van der Waals surface area contributed by atoms with Crippen LogP contribution in [0.1, 0.15) is 13.8 Å². The number of hydrogen-bond donors (Lipinski definition) is 0. The maximum Gasteiger partial charge on any atom is 0.0367 e. The number of benzene rings is 2. The third-order valence-corrected chi connectivity index (χ3v) is 3.86. The maximum absolute atomic E-state index is 3.66. The minimum atomic E-state index is 0.470. The van der Waals surface area contributed by atoms with Crippen LogP contribution in [0.3, 0.4) is 0 Å². The van der Waals surface area contributed by atoms with Gasteiger partial charge in [-0.25, -0.2) is 0 Å². The van der Waals surface area contributed by atoms with Gasteiger partial charge in [-0.1, -0.05) is 88.2 Å². The molecule has 0 bridgehead atoms. The third-order valence-electron chi connectivity index (χ3n) is 3.28.